The summed E-state index contributed by atoms with van der Waals surface area (Å²) in [6.07, 6.45) is 1.51. The molecule has 1 heterocycles. The van der Waals surface area contributed by atoms with E-state index < -0.39 is 21.9 Å². The van der Waals surface area contributed by atoms with E-state index in [-0.39, 0.29) is 23.8 Å². The molecule has 172 valence electrons. The highest BCUT2D eigenvalue weighted by atomic mass is 32.2. The number of carbonyl (C=O) groups is 1. The monoisotopic (exact) mass is 466 g/mol. The van der Waals surface area contributed by atoms with E-state index in [9.17, 15) is 17.6 Å². The van der Waals surface area contributed by atoms with Gasteiger partial charge in [-0.15, -0.1) is 0 Å². The van der Waals surface area contributed by atoms with Crippen LogP contribution in [-0.4, -0.2) is 25.2 Å². The molecule has 0 unspecified atom stereocenters. The summed E-state index contributed by atoms with van der Waals surface area (Å²) in [7, 11) is -3.90. The van der Waals surface area contributed by atoms with Gasteiger partial charge in [0.05, 0.1) is 10.9 Å². The van der Waals surface area contributed by atoms with E-state index in [0.717, 1.165) is 35.2 Å². The van der Waals surface area contributed by atoms with Crippen LogP contribution in [0, 0.1) is 5.82 Å². The van der Waals surface area contributed by atoms with Gasteiger partial charge in [0.15, 0.2) is 0 Å². The lowest BCUT2D eigenvalue weighted by Gasteiger charge is -2.36. The first kappa shape index (κ1) is 23.1. The molecule has 5 nitrogen and oxygen atoms in total. The summed E-state index contributed by atoms with van der Waals surface area (Å²) in [5.74, 6) is -0.726. The third-order valence-electron chi connectivity index (χ3n) is 6.08. The highest BCUT2D eigenvalue weighted by Gasteiger charge is 2.37. The quantitative estimate of drug-likeness (QED) is 0.562. The zero-order valence-corrected chi connectivity index (χ0v) is 19.3. The van der Waals surface area contributed by atoms with E-state index in [0.29, 0.717) is 13.0 Å². The summed E-state index contributed by atoms with van der Waals surface area (Å²) < 4.78 is 41.6. The van der Waals surface area contributed by atoms with Crippen LogP contribution in [0.2, 0.25) is 0 Å². The summed E-state index contributed by atoms with van der Waals surface area (Å²) in [5, 5.41) is 2.92. The molecule has 3 aromatic rings. The van der Waals surface area contributed by atoms with Gasteiger partial charge in [-0.25, -0.2) is 12.8 Å². The van der Waals surface area contributed by atoms with Crippen molar-refractivity contribution in [1.82, 2.24) is 9.62 Å². The van der Waals surface area contributed by atoms with Gasteiger partial charge in [-0.05, 0) is 59.4 Å². The Labute approximate surface area is 194 Å². The molecule has 1 aliphatic rings. The zero-order chi connectivity index (χ0) is 23.4. The van der Waals surface area contributed by atoms with Crippen molar-refractivity contribution in [2.75, 3.05) is 6.54 Å². The number of aryl methyl sites for hydroxylation is 1. The van der Waals surface area contributed by atoms with Crippen molar-refractivity contribution < 1.29 is 17.6 Å². The first-order valence-corrected chi connectivity index (χ1v) is 12.5. The molecule has 0 bridgehead atoms. The first-order valence-electron chi connectivity index (χ1n) is 11.1. The Balaban J connectivity index is 1.56. The number of carbonyl (C=O) groups excluding carboxylic acids is 1. The molecular formula is C26H27FN2O3S. The molecule has 0 saturated carbocycles. The SMILES string of the molecule is CCc1ccc(CNC(=O)C[C@H]2c3ccccc3CCN2S(=O)(=O)c2ccc(F)cc2)cc1. The van der Waals surface area contributed by atoms with Crippen LogP contribution in [-0.2, 0) is 34.2 Å². The number of hydrogen-bond acceptors (Lipinski definition) is 3. The van der Waals surface area contributed by atoms with Crippen molar-refractivity contribution in [1.29, 1.82) is 0 Å². The standard InChI is InChI=1S/C26H27FN2O3S/c1-2-19-7-9-20(10-8-19)18-28-26(30)17-25-24-6-4-3-5-21(24)15-16-29(25)33(31,32)23-13-11-22(27)12-14-23/h3-14,25H,2,15-18H2,1H3,(H,28,30)/t25-/m0/s1. The van der Waals surface area contributed by atoms with Crippen LogP contribution in [0.5, 0.6) is 0 Å². The molecule has 1 aliphatic heterocycles. The second-order valence-electron chi connectivity index (χ2n) is 8.19. The van der Waals surface area contributed by atoms with Crippen LogP contribution in [0.1, 0.15) is 41.6 Å². The Morgan fingerprint density at radius 1 is 1.00 bits per heavy atom. The number of fused-ring (bicyclic) bond motifs is 1. The van der Waals surface area contributed by atoms with Crippen molar-refractivity contribution in [3.05, 3.63) is 101 Å². The van der Waals surface area contributed by atoms with Crippen LogP contribution in [0.15, 0.2) is 77.7 Å². The number of halogens is 1. The molecule has 1 atom stereocenters. The summed E-state index contributed by atoms with van der Waals surface area (Å²) in [5.41, 5.74) is 4.08. The third-order valence-corrected chi connectivity index (χ3v) is 8.01. The van der Waals surface area contributed by atoms with Crippen molar-refractivity contribution in [2.45, 2.75) is 43.7 Å². The Morgan fingerprint density at radius 2 is 1.67 bits per heavy atom. The average Bonchev–Trinajstić information content (AvgIpc) is 2.83. The lowest BCUT2D eigenvalue weighted by atomic mass is 9.92. The molecule has 4 rings (SSSR count). The summed E-state index contributed by atoms with van der Waals surface area (Å²) in [6.45, 7) is 2.72. The number of nitrogens with zero attached hydrogens (tertiary/aromatic N) is 1. The summed E-state index contributed by atoms with van der Waals surface area (Å²) in [6, 6.07) is 19.8. The van der Waals surface area contributed by atoms with Crippen molar-refractivity contribution in [3.63, 3.8) is 0 Å². The molecule has 0 fully saturated rings. The van der Waals surface area contributed by atoms with Crippen LogP contribution in [0.25, 0.3) is 0 Å². The molecule has 33 heavy (non-hydrogen) atoms. The van der Waals surface area contributed by atoms with E-state index in [1.165, 1.54) is 22.0 Å². The number of hydrogen-bond donors (Lipinski definition) is 1. The van der Waals surface area contributed by atoms with Crippen molar-refractivity contribution in [3.8, 4) is 0 Å². The maximum Gasteiger partial charge on any atom is 0.243 e. The van der Waals surface area contributed by atoms with Crippen LogP contribution < -0.4 is 5.32 Å². The lowest BCUT2D eigenvalue weighted by Crippen LogP contribution is -2.42. The predicted molar refractivity (Wildman–Crippen MR) is 125 cm³/mol. The second kappa shape index (κ2) is 9.85. The highest BCUT2D eigenvalue weighted by Crippen LogP contribution is 2.36. The maximum atomic E-state index is 13.4. The molecule has 1 amide bonds. The molecule has 7 heteroatoms. The van der Waals surface area contributed by atoms with E-state index in [1.54, 1.807) is 0 Å². The van der Waals surface area contributed by atoms with E-state index >= 15 is 0 Å². The third kappa shape index (κ3) is 5.15. The minimum Gasteiger partial charge on any atom is -0.352 e. The fourth-order valence-electron chi connectivity index (χ4n) is 4.21. The number of rotatable bonds is 7. The molecule has 3 aromatic carbocycles. The van der Waals surface area contributed by atoms with Gasteiger partial charge in [0.1, 0.15) is 5.82 Å². The summed E-state index contributed by atoms with van der Waals surface area (Å²) >= 11 is 0. The molecule has 0 aromatic heterocycles. The van der Waals surface area contributed by atoms with Gasteiger partial charge < -0.3 is 5.32 Å². The van der Waals surface area contributed by atoms with Gasteiger partial charge >= 0.3 is 0 Å². The average molecular weight is 467 g/mol. The molecule has 0 spiro atoms. The van der Waals surface area contributed by atoms with Gasteiger partial charge in [-0.2, -0.15) is 4.31 Å². The van der Waals surface area contributed by atoms with Crippen LogP contribution in [0.3, 0.4) is 0 Å². The number of nitrogens with one attached hydrogen (secondary N) is 1. The largest absolute Gasteiger partial charge is 0.352 e. The smallest absolute Gasteiger partial charge is 0.243 e. The minimum absolute atomic E-state index is 0.00445. The fraction of sp³-hybridized carbons (Fsp3) is 0.269. The minimum atomic E-state index is -3.90. The molecule has 0 saturated heterocycles. The first-order chi connectivity index (χ1) is 15.9. The maximum absolute atomic E-state index is 13.4. The second-order valence-corrected chi connectivity index (χ2v) is 10.1. The normalized spacial score (nSPS) is 16.2. The van der Waals surface area contributed by atoms with Crippen molar-refractivity contribution >= 4 is 15.9 Å². The van der Waals surface area contributed by atoms with Gasteiger partial charge in [-0.1, -0.05) is 55.5 Å². The van der Waals surface area contributed by atoms with Gasteiger partial charge in [0.2, 0.25) is 15.9 Å². The Morgan fingerprint density at radius 3 is 2.36 bits per heavy atom. The zero-order valence-electron chi connectivity index (χ0n) is 18.5. The Hall–Kier alpha value is -3.03. The molecule has 0 aliphatic carbocycles. The van der Waals surface area contributed by atoms with E-state index in [4.69, 9.17) is 0 Å². The highest BCUT2D eigenvalue weighted by molar-refractivity contribution is 7.89. The molecule has 1 N–H and O–H groups in total. The predicted octanol–water partition coefficient (Wildman–Crippen LogP) is 4.38. The van der Waals surface area contributed by atoms with Gasteiger partial charge in [0.25, 0.3) is 0 Å². The fourth-order valence-corrected chi connectivity index (χ4v) is 5.82. The Kier molecular flexibility index (Phi) is 6.91. The molecule has 0 radical (unpaired) electrons. The van der Waals surface area contributed by atoms with Crippen molar-refractivity contribution in [2.24, 2.45) is 0 Å². The number of amides is 1. The lowest BCUT2D eigenvalue weighted by molar-refractivity contribution is -0.122. The van der Waals surface area contributed by atoms with Crippen LogP contribution >= 0.6 is 0 Å². The summed E-state index contributed by atoms with van der Waals surface area (Å²) in [4.78, 5) is 12.9. The van der Waals surface area contributed by atoms with Gasteiger partial charge in [0, 0.05) is 19.5 Å². The van der Waals surface area contributed by atoms with Gasteiger partial charge in [-0.3, -0.25) is 4.79 Å². The van der Waals surface area contributed by atoms with E-state index in [2.05, 4.69) is 12.2 Å². The number of sulfonamides is 1. The number of benzene rings is 3. The van der Waals surface area contributed by atoms with Crippen LogP contribution in [0.4, 0.5) is 4.39 Å². The molecular weight excluding hydrogens is 439 g/mol. The van der Waals surface area contributed by atoms with E-state index in [1.807, 2.05) is 48.5 Å². The topological polar surface area (TPSA) is 66.5 Å². The Bertz CT molecular complexity index is 1230.